The van der Waals surface area contributed by atoms with Crippen LogP contribution in [0.5, 0.6) is 0 Å². The van der Waals surface area contributed by atoms with Gasteiger partial charge in [0, 0.05) is 11.2 Å². The molecule has 0 aliphatic carbocycles. The Kier molecular flexibility index (Phi) is 2.89. The number of pyridine rings is 1. The monoisotopic (exact) mass is 275 g/mol. The molecule has 1 aromatic carbocycles. The Labute approximate surface area is 113 Å². The average molecular weight is 276 g/mol. The van der Waals surface area contributed by atoms with E-state index in [4.69, 9.17) is 11.6 Å². The molecule has 0 amide bonds. The molecule has 0 aliphatic rings. The number of hydrogen-bond donors (Lipinski definition) is 1. The highest BCUT2D eigenvalue weighted by Gasteiger charge is 2.05. The van der Waals surface area contributed by atoms with Crippen LogP contribution in [0, 0.1) is 6.92 Å². The van der Waals surface area contributed by atoms with Gasteiger partial charge in [0.25, 0.3) is 0 Å². The summed E-state index contributed by atoms with van der Waals surface area (Å²) in [5.74, 6) is 0. The molecule has 18 heavy (non-hydrogen) atoms. The first-order valence-corrected chi connectivity index (χ1v) is 6.65. The molecule has 3 rings (SSSR count). The molecule has 2 heterocycles. The third-order valence-corrected chi connectivity index (χ3v) is 3.82. The van der Waals surface area contributed by atoms with E-state index in [1.54, 1.807) is 23.7 Å². The molecule has 5 heteroatoms. The number of anilines is 2. The summed E-state index contributed by atoms with van der Waals surface area (Å²) in [6, 6.07) is 7.69. The minimum Gasteiger partial charge on any atom is -0.330 e. The van der Waals surface area contributed by atoms with Crippen LogP contribution in [-0.4, -0.2) is 9.97 Å². The highest BCUT2D eigenvalue weighted by Crippen LogP contribution is 2.30. The molecule has 1 N–H and O–H groups in total. The van der Waals surface area contributed by atoms with E-state index in [1.807, 2.05) is 31.2 Å². The lowest BCUT2D eigenvalue weighted by atomic mass is 10.2. The maximum atomic E-state index is 5.95. The predicted molar refractivity (Wildman–Crippen MR) is 76.9 cm³/mol. The SMILES string of the molecule is Cc1ccncc1Nc1nc2cc(Cl)ccc2s1. The van der Waals surface area contributed by atoms with Gasteiger partial charge in [-0.15, -0.1) is 0 Å². The molecule has 2 aromatic heterocycles. The van der Waals surface area contributed by atoms with Crippen molar-refractivity contribution in [3.8, 4) is 0 Å². The van der Waals surface area contributed by atoms with Crippen molar-refractivity contribution in [2.45, 2.75) is 6.92 Å². The predicted octanol–water partition coefficient (Wildman–Crippen LogP) is 4.40. The number of aromatic nitrogens is 2. The van der Waals surface area contributed by atoms with Gasteiger partial charge in [0.2, 0.25) is 0 Å². The standard InChI is InChI=1S/C13H10ClN3S/c1-8-4-5-15-7-11(8)17-13-16-10-6-9(14)2-3-12(10)18-13/h2-7H,1H3,(H,16,17). The molecular weight excluding hydrogens is 266 g/mol. The summed E-state index contributed by atoms with van der Waals surface area (Å²) in [5.41, 5.74) is 3.03. The first kappa shape index (κ1) is 11.4. The molecule has 0 saturated carbocycles. The van der Waals surface area contributed by atoms with Gasteiger partial charge >= 0.3 is 0 Å². The van der Waals surface area contributed by atoms with Crippen molar-refractivity contribution < 1.29 is 0 Å². The molecule has 0 saturated heterocycles. The molecule has 0 radical (unpaired) electrons. The second-order valence-electron chi connectivity index (χ2n) is 3.95. The summed E-state index contributed by atoms with van der Waals surface area (Å²) in [5, 5.41) is 4.84. The van der Waals surface area contributed by atoms with Crippen LogP contribution >= 0.6 is 22.9 Å². The van der Waals surface area contributed by atoms with Crippen molar-refractivity contribution >= 4 is 44.0 Å². The number of rotatable bonds is 2. The minimum atomic E-state index is 0.705. The summed E-state index contributed by atoms with van der Waals surface area (Å²) in [6.45, 7) is 2.04. The van der Waals surface area contributed by atoms with Crippen LogP contribution in [-0.2, 0) is 0 Å². The Morgan fingerprint density at radius 3 is 3.00 bits per heavy atom. The first-order valence-electron chi connectivity index (χ1n) is 5.46. The molecule has 3 nitrogen and oxygen atoms in total. The summed E-state index contributed by atoms with van der Waals surface area (Å²) in [4.78, 5) is 8.61. The highest BCUT2D eigenvalue weighted by molar-refractivity contribution is 7.22. The third kappa shape index (κ3) is 2.17. The van der Waals surface area contributed by atoms with Gasteiger partial charge in [0.05, 0.1) is 22.1 Å². The molecule has 0 atom stereocenters. The fourth-order valence-corrected chi connectivity index (χ4v) is 2.69. The van der Waals surface area contributed by atoms with Gasteiger partial charge in [-0.2, -0.15) is 0 Å². The van der Waals surface area contributed by atoms with E-state index in [9.17, 15) is 0 Å². The van der Waals surface area contributed by atoms with Gasteiger partial charge < -0.3 is 5.32 Å². The molecule has 3 aromatic rings. The van der Waals surface area contributed by atoms with Crippen molar-refractivity contribution in [3.05, 3.63) is 47.2 Å². The normalized spacial score (nSPS) is 10.8. The Morgan fingerprint density at radius 1 is 1.28 bits per heavy atom. The number of aryl methyl sites for hydroxylation is 1. The molecule has 0 bridgehead atoms. The maximum Gasteiger partial charge on any atom is 0.188 e. The van der Waals surface area contributed by atoms with Gasteiger partial charge in [-0.25, -0.2) is 4.98 Å². The van der Waals surface area contributed by atoms with Crippen LogP contribution in [0.2, 0.25) is 5.02 Å². The number of nitrogens with zero attached hydrogens (tertiary/aromatic N) is 2. The van der Waals surface area contributed by atoms with Gasteiger partial charge in [-0.05, 0) is 36.8 Å². The zero-order chi connectivity index (χ0) is 12.5. The van der Waals surface area contributed by atoms with E-state index in [-0.39, 0.29) is 0 Å². The van der Waals surface area contributed by atoms with Gasteiger partial charge in [-0.1, -0.05) is 22.9 Å². The van der Waals surface area contributed by atoms with Crippen molar-refractivity contribution in [3.63, 3.8) is 0 Å². The Hall–Kier alpha value is -1.65. The van der Waals surface area contributed by atoms with E-state index in [2.05, 4.69) is 15.3 Å². The fourth-order valence-electron chi connectivity index (χ4n) is 1.66. The number of nitrogens with one attached hydrogen (secondary N) is 1. The van der Waals surface area contributed by atoms with Crippen LogP contribution in [0.25, 0.3) is 10.2 Å². The Balaban J connectivity index is 1.98. The van der Waals surface area contributed by atoms with Crippen LogP contribution < -0.4 is 5.32 Å². The Bertz CT molecular complexity index is 708. The second-order valence-corrected chi connectivity index (χ2v) is 5.41. The topological polar surface area (TPSA) is 37.8 Å². The maximum absolute atomic E-state index is 5.95. The van der Waals surface area contributed by atoms with E-state index < -0.39 is 0 Å². The van der Waals surface area contributed by atoms with Gasteiger partial charge in [0.15, 0.2) is 5.13 Å². The Morgan fingerprint density at radius 2 is 2.17 bits per heavy atom. The largest absolute Gasteiger partial charge is 0.330 e. The molecule has 0 spiro atoms. The van der Waals surface area contributed by atoms with Crippen LogP contribution in [0.4, 0.5) is 10.8 Å². The minimum absolute atomic E-state index is 0.705. The molecule has 0 unspecified atom stereocenters. The van der Waals surface area contributed by atoms with E-state index in [0.717, 1.165) is 26.6 Å². The first-order chi connectivity index (χ1) is 8.72. The number of benzene rings is 1. The summed E-state index contributed by atoms with van der Waals surface area (Å²) >= 11 is 7.55. The fraction of sp³-hybridized carbons (Fsp3) is 0.0769. The van der Waals surface area contributed by atoms with E-state index >= 15 is 0 Å². The number of fused-ring (bicyclic) bond motifs is 1. The summed E-state index contributed by atoms with van der Waals surface area (Å²) in [6.07, 6.45) is 3.58. The number of thiazole rings is 1. The molecule has 0 fully saturated rings. The molecule has 90 valence electrons. The summed E-state index contributed by atoms with van der Waals surface area (Å²) < 4.78 is 1.11. The lowest BCUT2D eigenvalue weighted by molar-refractivity contribution is 1.27. The van der Waals surface area contributed by atoms with Crippen molar-refractivity contribution in [2.75, 3.05) is 5.32 Å². The lowest BCUT2D eigenvalue weighted by Gasteiger charge is -2.04. The zero-order valence-corrected chi connectivity index (χ0v) is 11.2. The van der Waals surface area contributed by atoms with Crippen molar-refractivity contribution in [1.82, 2.24) is 9.97 Å². The summed E-state index contributed by atoms with van der Waals surface area (Å²) in [7, 11) is 0. The third-order valence-electron chi connectivity index (χ3n) is 2.63. The molecular formula is C13H10ClN3S. The smallest absolute Gasteiger partial charge is 0.188 e. The average Bonchev–Trinajstić information content (AvgIpc) is 2.73. The van der Waals surface area contributed by atoms with Gasteiger partial charge in [0.1, 0.15) is 0 Å². The van der Waals surface area contributed by atoms with Crippen molar-refractivity contribution in [2.24, 2.45) is 0 Å². The molecule has 0 aliphatic heterocycles. The highest BCUT2D eigenvalue weighted by atomic mass is 35.5. The lowest BCUT2D eigenvalue weighted by Crippen LogP contribution is -1.92. The van der Waals surface area contributed by atoms with E-state index in [1.165, 1.54) is 0 Å². The van der Waals surface area contributed by atoms with E-state index in [0.29, 0.717) is 5.02 Å². The number of halogens is 1. The van der Waals surface area contributed by atoms with Crippen LogP contribution in [0.1, 0.15) is 5.56 Å². The van der Waals surface area contributed by atoms with Crippen LogP contribution in [0.3, 0.4) is 0 Å². The second kappa shape index (κ2) is 4.55. The number of hydrogen-bond acceptors (Lipinski definition) is 4. The van der Waals surface area contributed by atoms with Crippen LogP contribution in [0.15, 0.2) is 36.7 Å². The quantitative estimate of drug-likeness (QED) is 0.753. The van der Waals surface area contributed by atoms with Crippen molar-refractivity contribution in [1.29, 1.82) is 0 Å². The zero-order valence-electron chi connectivity index (χ0n) is 9.64. The van der Waals surface area contributed by atoms with Gasteiger partial charge in [-0.3, -0.25) is 4.98 Å².